The predicted molar refractivity (Wildman–Crippen MR) is 109 cm³/mol. The fourth-order valence-corrected chi connectivity index (χ4v) is 4.61. The monoisotopic (exact) mass is 465 g/mol. The van der Waals surface area contributed by atoms with Crippen molar-refractivity contribution in [2.24, 2.45) is 0 Å². The number of aromatic nitrogens is 1. The Bertz CT molecular complexity index is 1180. The highest BCUT2D eigenvalue weighted by Crippen LogP contribution is 2.37. The van der Waals surface area contributed by atoms with Crippen molar-refractivity contribution in [3.63, 3.8) is 0 Å². The first-order valence-electron chi connectivity index (χ1n) is 10.5. The Morgan fingerprint density at radius 1 is 1.24 bits per heavy atom. The third kappa shape index (κ3) is 3.75. The maximum Gasteiger partial charge on any atom is 0.274 e. The average molecular weight is 465 g/mol. The molecule has 0 spiro atoms. The molecule has 2 unspecified atom stereocenters. The lowest BCUT2D eigenvalue weighted by atomic mass is 9.91. The van der Waals surface area contributed by atoms with Crippen LogP contribution in [0.5, 0.6) is 5.75 Å². The molecule has 2 aliphatic heterocycles. The van der Waals surface area contributed by atoms with Gasteiger partial charge in [-0.1, -0.05) is 0 Å². The van der Waals surface area contributed by atoms with E-state index < -0.39 is 58.1 Å². The minimum absolute atomic E-state index is 0.218. The molecule has 0 aliphatic carbocycles. The molecule has 3 heterocycles. The van der Waals surface area contributed by atoms with Gasteiger partial charge in [-0.05, 0) is 20.3 Å². The predicted octanol–water partition coefficient (Wildman–Crippen LogP) is 2.10. The Kier molecular flexibility index (Phi) is 5.91. The van der Waals surface area contributed by atoms with Crippen LogP contribution in [-0.4, -0.2) is 51.7 Å². The maximum atomic E-state index is 13.9. The number of nitrogens with one attached hydrogen (secondary N) is 1. The van der Waals surface area contributed by atoms with Crippen LogP contribution < -0.4 is 10.7 Å². The van der Waals surface area contributed by atoms with Crippen LogP contribution in [0.4, 0.5) is 13.2 Å². The molecule has 1 fully saturated rings. The van der Waals surface area contributed by atoms with E-state index in [1.54, 1.807) is 6.92 Å². The molecule has 4 rings (SSSR count). The number of amides is 2. The van der Waals surface area contributed by atoms with Gasteiger partial charge in [0.15, 0.2) is 11.4 Å². The van der Waals surface area contributed by atoms with E-state index in [1.165, 1.54) is 15.7 Å². The highest BCUT2D eigenvalue weighted by Gasteiger charge is 2.45. The van der Waals surface area contributed by atoms with Crippen molar-refractivity contribution in [3.8, 4) is 5.75 Å². The van der Waals surface area contributed by atoms with Crippen LogP contribution in [0, 0.1) is 17.5 Å². The second-order valence-corrected chi connectivity index (χ2v) is 8.02. The Labute approximate surface area is 186 Å². The van der Waals surface area contributed by atoms with Crippen LogP contribution in [0.25, 0.3) is 0 Å². The fourth-order valence-electron chi connectivity index (χ4n) is 4.61. The lowest BCUT2D eigenvalue weighted by Crippen LogP contribution is -2.58. The van der Waals surface area contributed by atoms with Crippen molar-refractivity contribution < 1.29 is 32.6 Å². The fraction of sp³-hybridized carbons (Fsp3) is 0.409. The summed E-state index contributed by atoms with van der Waals surface area (Å²) in [4.78, 5) is 40.0. The third-order valence-corrected chi connectivity index (χ3v) is 6.18. The van der Waals surface area contributed by atoms with Crippen molar-refractivity contribution in [2.45, 2.75) is 45.0 Å². The molecule has 1 aromatic carbocycles. The first kappa shape index (κ1) is 22.8. The second-order valence-electron chi connectivity index (χ2n) is 8.02. The number of rotatable bonds is 4. The van der Waals surface area contributed by atoms with Crippen LogP contribution in [-0.2, 0) is 11.3 Å². The molecule has 11 heteroatoms. The summed E-state index contributed by atoms with van der Waals surface area (Å²) in [5, 5.41) is 12.8. The number of fused-ring (bicyclic) bond motifs is 3. The number of halogens is 3. The minimum Gasteiger partial charge on any atom is -0.503 e. The first-order chi connectivity index (χ1) is 15.6. The van der Waals surface area contributed by atoms with E-state index in [0.29, 0.717) is 31.7 Å². The molecule has 2 N–H and O–H groups in total. The highest BCUT2D eigenvalue weighted by molar-refractivity contribution is 5.99. The molecule has 0 bridgehead atoms. The molecule has 2 aromatic rings. The van der Waals surface area contributed by atoms with Crippen molar-refractivity contribution in [1.29, 1.82) is 0 Å². The van der Waals surface area contributed by atoms with Crippen LogP contribution >= 0.6 is 0 Å². The lowest BCUT2D eigenvalue weighted by molar-refractivity contribution is -0.0647. The van der Waals surface area contributed by atoms with Gasteiger partial charge in [0.2, 0.25) is 5.43 Å². The molecule has 2 amide bonds. The van der Waals surface area contributed by atoms with E-state index >= 15 is 0 Å². The van der Waals surface area contributed by atoms with Crippen molar-refractivity contribution in [2.75, 3.05) is 13.2 Å². The number of benzene rings is 1. The molecule has 1 saturated heterocycles. The topological polar surface area (TPSA) is 101 Å². The first-order valence-corrected chi connectivity index (χ1v) is 10.5. The molecule has 0 saturated carbocycles. The van der Waals surface area contributed by atoms with Gasteiger partial charge in [-0.2, -0.15) is 0 Å². The Hall–Kier alpha value is -3.34. The molecule has 0 radical (unpaired) electrons. The summed E-state index contributed by atoms with van der Waals surface area (Å²) in [5.74, 6) is -5.93. The van der Waals surface area contributed by atoms with Gasteiger partial charge < -0.3 is 24.6 Å². The van der Waals surface area contributed by atoms with Gasteiger partial charge in [-0.15, -0.1) is 0 Å². The van der Waals surface area contributed by atoms with Crippen molar-refractivity contribution in [1.82, 2.24) is 14.8 Å². The maximum absolute atomic E-state index is 13.9. The number of likely N-dealkylation sites (N-methyl/N-ethyl adjacent to an activating group) is 1. The van der Waals surface area contributed by atoms with Crippen LogP contribution in [0.2, 0.25) is 0 Å². The summed E-state index contributed by atoms with van der Waals surface area (Å²) in [6.45, 7) is 3.65. The van der Waals surface area contributed by atoms with E-state index in [9.17, 15) is 32.7 Å². The summed E-state index contributed by atoms with van der Waals surface area (Å²) < 4.78 is 48.0. The number of carbonyl (C=O) groups is 2. The summed E-state index contributed by atoms with van der Waals surface area (Å²) in [5.41, 5.74) is -2.37. The molecule has 2 aliphatic rings. The van der Waals surface area contributed by atoms with E-state index in [4.69, 9.17) is 4.74 Å². The zero-order valence-corrected chi connectivity index (χ0v) is 17.9. The van der Waals surface area contributed by atoms with Gasteiger partial charge in [0.1, 0.15) is 23.0 Å². The summed E-state index contributed by atoms with van der Waals surface area (Å²) >= 11 is 0. The smallest absolute Gasteiger partial charge is 0.274 e. The van der Waals surface area contributed by atoms with E-state index in [1.807, 2.05) is 6.92 Å². The standard InChI is InChI=1S/C22H22F3N3O5/c1-3-27-17-10(2)33-5-4-16(17)28-9-13(19(29)20(30)18(28)22(27)32)21(31)26-8-12-14(24)6-11(23)7-15(12)25/h6-7,9-10,16-17,30H,3-5,8H2,1-2H3,(H,26,31)/t10-,16?,17?/m0/s1. The van der Waals surface area contributed by atoms with Gasteiger partial charge >= 0.3 is 0 Å². The largest absolute Gasteiger partial charge is 0.503 e. The average Bonchev–Trinajstić information content (AvgIpc) is 2.75. The quantitative estimate of drug-likeness (QED) is 0.720. The van der Waals surface area contributed by atoms with Gasteiger partial charge in [0, 0.05) is 43.6 Å². The number of aromatic hydroxyl groups is 1. The molecular weight excluding hydrogens is 443 g/mol. The summed E-state index contributed by atoms with van der Waals surface area (Å²) in [7, 11) is 0. The number of hydrogen-bond donors (Lipinski definition) is 2. The minimum atomic E-state index is -1.19. The van der Waals surface area contributed by atoms with Gasteiger partial charge in [0.05, 0.1) is 18.2 Å². The van der Waals surface area contributed by atoms with E-state index in [0.717, 1.165) is 0 Å². The molecule has 3 atom stereocenters. The van der Waals surface area contributed by atoms with Crippen molar-refractivity contribution >= 4 is 11.8 Å². The molecular formula is C22H22F3N3O5. The SMILES string of the molecule is CCN1C(=O)c2c(O)c(=O)c(C(=O)NCc3c(F)cc(F)cc3F)cn2C2CCO[C@@H](C)C21. The molecule has 176 valence electrons. The molecule has 33 heavy (non-hydrogen) atoms. The molecule has 8 nitrogen and oxygen atoms in total. The Morgan fingerprint density at radius 2 is 1.91 bits per heavy atom. The number of hydrogen-bond acceptors (Lipinski definition) is 5. The van der Waals surface area contributed by atoms with Crippen LogP contribution in [0.3, 0.4) is 0 Å². The van der Waals surface area contributed by atoms with Gasteiger partial charge in [0.25, 0.3) is 11.8 Å². The molecule has 1 aromatic heterocycles. The Morgan fingerprint density at radius 3 is 2.55 bits per heavy atom. The summed E-state index contributed by atoms with van der Waals surface area (Å²) in [6, 6.07) is 0.221. The van der Waals surface area contributed by atoms with Gasteiger partial charge in [-0.25, -0.2) is 13.2 Å². The number of carbonyl (C=O) groups excluding carboxylic acids is 2. The Balaban J connectivity index is 1.71. The highest BCUT2D eigenvalue weighted by atomic mass is 19.1. The van der Waals surface area contributed by atoms with Crippen LogP contribution in [0.15, 0.2) is 23.1 Å². The number of nitrogens with zero attached hydrogens (tertiary/aromatic N) is 2. The second kappa shape index (κ2) is 8.54. The van der Waals surface area contributed by atoms with Gasteiger partial charge in [-0.3, -0.25) is 14.4 Å². The zero-order valence-electron chi connectivity index (χ0n) is 17.9. The van der Waals surface area contributed by atoms with Crippen LogP contribution in [0.1, 0.15) is 52.7 Å². The van der Waals surface area contributed by atoms with E-state index in [2.05, 4.69) is 5.32 Å². The number of pyridine rings is 1. The number of ether oxygens (including phenoxy) is 1. The third-order valence-electron chi connectivity index (χ3n) is 6.18. The zero-order chi connectivity index (χ0) is 24.0. The lowest BCUT2D eigenvalue weighted by Gasteiger charge is -2.48. The summed E-state index contributed by atoms with van der Waals surface area (Å²) in [6.07, 6.45) is 1.34. The van der Waals surface area contributed by atoms with E-state index in [-0.39, 0.29) is 23.9 Å². The van der Waals surface area contributed by atoms with Crippen molar-refractivity contribution in [3.05, 3.63) is 62.8 Å². The normalized spacial score (nSPS) is 22.0.